The SMILES string of the molecule is CC1CN(C(=O)c2sccc2Cl)CCN1c1ccc(F)cn1. The van der Waals surface area contributed by atoms with Gasteiger partial charge < -0.3 is 9.80 Å². The number of nitrogens with zero attached hydrogens (tertiary/aromatic N) is 3. The van der Waals surface area contributed by atoms with E-state index in [-0.39, 0.29) is 17.8 Å². The average Bonchev–Trinajstić information content (AvgIpc) is 2.93. The number of rotatable bonds is 2. The average molecular weight is 340 g/mol. The second kappa shape index (κ2) is 6.22. The molecule has 7 heteroatoms. The van der Waals surface area contributed by atoms with E-state index >= 15 is 0 Å². The van der Waals surface area contributed by atoms with Gasteiger partial charge in [-0.25, -0.2) is 9.37 Å². The van der Waals surface area contributed by atoms with E-state index in [9.17, 15) is 9.18 Å². The van der Waals surface area contributed by atoms with Crippen LogP contribution in [0.15, 0.2) is 29.8 Å². The second-order valence-electron chi connectivity index (χ2n) is 5.23. The number of piperazine rings is 1. The predicted molar refractivity (Wildman–Crippen MR) is 86.2 cm³/mol. The lowest BCUT2D eigenvalue weighted by Crippen LogP contribution is -2.54. The van der Waals surface area contributed by atoms with Gasteiger partial charge in [0, 0.05) is 25.7 Å². The first-order valence-electron chi connectivity index (χ1n) is 6.96. The summed E-state index contributed by atoms with van der Waals surface area (Å²) in [5.41, 5.74) is 0. The molecule has 0 spiro atoms. The summed E-state index contributed by atoms with van der Waals surface area (Å²) in [6.45, 7) is 3.87. The first-order chi connectivity index (χ1) is 10.6. The van der Waals surface area contributed by atoms with Gasteiger partial charge in [0.15, 0.2) is 0 Å². The Morgan fingerprint density at radius 1 is 1.41 bits per heavy atom. The summed E-state index contributed by atoms with van der Waals surface area (Å²) in [7, 11) is 0. The molecule has 1 aliphatic heterocycles. The van der Waals surface area contributed by atoms with Crippen molar-refractivity contribution in [1.29, 1.82) is 0 Å². The molecule has 116 valence electrons. The molecule has 1 saturated heterocycles. The maximum Gasteiger partial charge on any atom is 0.265 e. The predicted octanol–water partition coefficient (Wildman–Crippen LogP) is 3.29. The maximum atomic E-state index is 13.0. The van der Waals surface area contributed by atoms with Crippen LogP contribution in [0.25, 0.3) is 0 Å². The number of anilines is 1. The summed E-state index contributed by atoms with van der Waals surface area (Å²) in [6.07, 6.45) is 1.21. The first kappa shape index (κ1) is 15.2. The number of amides is 1. The van der Waals surface area contributed by atoms with Crippen LogP contribution in [0.5, 0.6) is 0 Å². The summed E-state index contributed by atoms with van der Waals surface area (Å²) in [6, 6.07) is 4.91. The largest absolute Gasteiger partial charge is 0.350 e. The normalized spacial score (nSPS) is 18.6. The molecule has 3 heterocycles. The van der Waals surface area contributed by atoms with E-state index in [0.717, 1.165) is 5.82 Å². The number of halogens is 2. The molecule has 2 aromatic rings. The van der Waals surface area contributed by atoms with Crippen molar-refractivity contribution in [1.82, 2.24) is 9.88 Å². The number of carbonyl (C=O) groups excluding carboxylic acids is 1. The van der Waals surface area contributed by atoms with Gasteiger partial charge in [-0.1, -0.05) is 11.6 Å². The second-order valence-corrected chi connectivity index (χ2v) is 6.55. The van der Waals surface area contributed by atoms with Gasteiger partial charge in [0.1, 0.15) is 16.5 Å². The van der Waals surface area contributed by atoms with E-state index < -0.39 is 0 Å². The summed E-state index contributed by atoms with van der Waals surface area (Å²) >= 11 is 7.40. The van der Waals surface area contributed by atoms with Crippen LogP contribution >= 0.6 is 22.9 Å². The smallest absolute Gasteiger partial charge is 0.265 e. The minimum absolute atomic E-state index is 0.0291. The summed E-state index contributed by atoms with van der Waals surface area (Å²) < 4.78 is 13.0. The van der Waals surface area contributed by atoms with Crippen LogP contribution in [0.1, 0.15) is 16.6 Å². The molecule has 1 fully saturated rings. The van der Waals surface area contributed by atoms with Crippen LogP contribution in [0.2, 0.25) is 5.02 Å². The summed E-state index contributed by atoms with van der Waals surface area (Å²) in [4.78, 5) is 21.1. The van der Waals surface area contributed by atoms with Gasteiger partial charge in [-0.05, 0) is 30.5 Å². The number of thiophene rings is 1. The molecule has 4 nitrogen and oxygen atoms in total. The van der Waals surface area contributed by atoms with Crippen LogP contribution < -0.4 is 4.90 Å². The zero-order valence-electron chi connectivity index (χ0n) is 12.0. The Hall–Kier alpha value is -1.66. The third-order valence-electron chi connectivity index (χ3n) is 3.73. The molecular weight excluding hydrogens is 325 g/mol. The van der Waals surface area contributed by atoms with Gasteiger partial charge in [-0.2, -0.15) is 0 Å². The lowest BCUT2D eigenvalue weighted by molar-refractivity contribution is 0.0731. The quantitative estimate of drug-likeness (QED) is 0.842. The van der Waals surface area contributed by atoms with Gasteiger partial charge in [-0.15, -0.1) is 11.3 Å². The van der Waals surface area contributed by atoms with E-state index in [0.29, 0.717) is 29.5 Å². The Morgan fingerprint density at radius 3 is 2.82 bits per heavy atom. The van der Waals surface area contributed by atoms with E-state index in [1.54, 1.807) is 12.1 Å². The van der Waals surface area contributed by atoms with Crippen LogP contribution in [-0.4, -0.2) is 41.5 Å². The number of hydrogen-bond acceptors (Lipinski definition) is 4. The minimum atomic E-state index is -0.349. The standard InChI is InChI=1S/C15H15ClFN3OS/c1-10-9-19(15(21)14-12(16)4-7-22-14)5-6-20(10)13-3-2-11(17)8-18-13/h2-4,7-8,10H,5-6,9H2,1H3. The third-order valence-corrected chi connectivity index (χ3v) is 5.06. The molecule has 0 bridgehead atoms. The van der Waals surface area contributed by atoms with E-state index in [1.807, 2.05) is 17.2 Å². The highest BCUT2D eigenvalue weighted by atomic mass is 35.5. The van der Waals surface area contributed by atoms with E-state index in [1.165, 1.54) is 23.6 Å². The Kier molecular flexibility index (Phi) is 4.31. The molecule has 22 heavy (non-hydrogen) atoms. The van der Waals surface area contributed by atoms with Crippen LogP contribution in [0.4, 0.5) is 10.2 Å². The molecule has 0 N–H and O–H groups in total. The molecule has 1 aliphatic rings. The Labute approximate surface area is 137 Å². The Balaban J connectivity index is 1.71. The molecule has 0 aromatic carbocycles. The number of carbonyl (C=O) groups is 1. The highest BCUT2D eigenvalue weighted by molar-refractivity contribution is 7.12. The van der Waals surface area contributed by atoms with Crippen molar-refractivity contribution in [3.63, 3.8) is 0 Å². The molecule has 3 rings (SSSR count). The monoisotopic (exact) mass is 339 g/mol. The molecular formula is C15H15ClFN3OS. The third kappa shape index (κ3) is 2.94. The number of pyridine rings is 1. The van der Waals surface area contributed by atoms with Crippen molar-refractivity contribution in [2.75, 3.05) is 24.5 Å². The lowest BCUT2D eigenvalue weighted by Gasteiger charge is -2.40. The number of hydrogen-bond donors (Lipinski definition) is 0. The molecule has 0 aliphatic carbocycles. The van der Waals surface area contributed by atoms with Crippen LogP contribution in [-0.2, 0) is 0 Å². The zero-order valence-corrected chi connectivity index (χ0v) is 13.6. The summed E-state index contributed by atoms with van der Waals surface area (Å²) in [5.74, 6) is 0.353. The molecule has 1 unspecified atom stereocenters. The Morgan fingerprint density at radius 2 is 2.23 bits per heavy atom. The fraction of sp³-hybridized carbons (Fsp3) is 0.333. The fourth-order valence-corrected chi connectivity index (χ4v) is 3.71. The van der Waals surface area contributed by atoms with E-state index in [2.05, 4.69) is 9.88 Å². The first-order valence-corrected chi connectivity index (χ1v) is 8.22. The van der Waals surface area contributed by atoms with Gasteiger partial charge in [0.05, 0.1) is 11.2 Å². The molecule has 0 saturated carbocycles. The zero-order chi connectivity index (χ0) is 15.7. The molecule has 0 radical (unpaired) electrons. The van der Waals surface area contributed by atoms with Crippen molar-refractivity contribution in [3.05, 3.63) is 45.5 Å². The van der Waals surface area contributed by atoms with E-state index in [4.69, 9.17) is 11.6 Å². The highest BCUT2D eigenvalue weighted by Crippen LogP contribution is 2.25. The topological polar surface area (TPSA) is 36.4 Å². The van der Waals surface area contributed by atoms with Crippen molar-refractivity contribution in [3.8, 4) is 0 Å². The maximum absolute atomic E-state index is 13.0. The lowest BCUT2D eigenvalue weighted by atomic mass is 10.2. The van der Waals surface area contributed by atoms with Gasteiger partial charge in [0.2, 0.25) is 0 Å². The molecule has 1 atom stereocenters. The van der Waals surface area contributed by atoms with Crippen molar-refractivity contribution < 1.29 is 9.18 Å². The van der Waals surface area contributed by atoms with Gasteiger partial charge in [0.25, 0.3) is 5.91 Å². The van der Waals surface area contributed by atoms with Crippen LogP contribution in [0.3, 0.4) is 0 Å². The van der Waals surface area contributed by atoms with Crippen molar-refractivity contribution in [2.24, 2.45) is 0 Å². The minimum Gasteiger partial charge on any atom is -0.350 e. The molecule has 1 amide bonds. The fourth-order valence-electron chi connectivity index (χ4n) is 2.61. The van der Waals surface area contributed by atoms with Crippen molar-refractivity contribution in [2.45, 2.75) is 13.0 Å². The Bertz CT molecular complexity index is 676. The van der Waals surface area contributed by atoms with Gasteiger partial charge >= 0.3 is 0 Å². The van der Waals surface area contributed by atoms with Crippen LogP contribution in [0, 0.1) is 5.82 Å². The highest BCUT2D eigenvalue weighted by Gasteiger charge is 2.29. The number of aromatic nitrogens is 1. The molecule has 2 aromatic heterocycles. The summed E-state index contributed by atoms with van der Waals surface area (Å²) in [5, 5.41) is 2.32. The van der Waals surface area contributed by atoms with Crippen molar-refractivity contribution >= 4 is 34.7 Å². The van der Waals surface area contributed by atoms with Gasteiger partial charge in [-0.3, -0.25) is 4.79 Å².